The smallest absolute Gasteiger partial charge is 0.265 e. The standard InChI is InChI=1S/C12H14FN3O2S/c1-8-4-5-10(13)11(6-8)15-19(17,18)12-7-14-16(3)9(12)2/h4-7,15H,1-3H3. The Hall–Kier alpha value is -1.89. The fourth-order valence-corrected chi connectivity index (χ4v) is 2.92. The summed E-state index contributed by atoms with van der Waals surface area (Å²) in [5.41, 5.74) is 1.19. The Morgan fingerprint density at radius 1 is 1.32 bits per heavy atom. The molecule has 1 N–H and O–H groups in total. The molecule has 0 saturated carbocycles. The first-order chi connectivity index (χ1) is 8.81. The zero-order valence-electron chi connectivity index (χ0n) is 10.8. The molecule has 0 radical (unpaired) electrons. The van der Waals surface area contributed by atoms with Crippen LogP contribution in [0.5, 0.6) is 0 Å². The summed E-state index contributed by atoms with van der Waals surface area (Å²) in [5.74, 6) is -0.615. The van der Waals surface area contributed by atoms with Gasteiger partial charge in [-0.05, 0) is 31.5 Å². The molecule has 1 aromatic heterocycles. The molecule has 7 heteroatoms. The monoisotopic (exact) mass is 283 g/mol. The number of sulfonamides is 1. The van der Waals surface area contributed by atoms with Gasteiger partial charge < -0.3 is 0 Å². The Morgan fingerprint density at radius 2 is 2.00 bits per heavy atom. The molecule has 1 aromatic carbocycles. The number of rotatable bonds is 3. The fourth-order valence-electron chi connectivity index (χ4n) is 1.66. The van der Waals surface area contributed by atoms with Crippen molar-refractivity contribution in [3.63, 3.8) is 0 Å². The van der Waals surface area contributed by atoms with E-state index < -0.39 is 15.8 Å². The number of anilines is 1. The molecule has 0 spiro atoms. The molecule has 1 heterocycles. The average Bonchev–Trinajstić information content (AvgIpc) is 2.65. The van der Waals surface area contributed by atoms with Gasteiger partial charge in [0.25, 0.3) is 10.0 Å². The highest BCUT2D eigenvalue weighted by Crippen LogP contribution is 2.21. The Morgan fingerprint density at radius 3 is 2.58 bits per heavy atom. The van der Waals surface area contributed by atoms with Crippen molar-refractivity contribution in [1.82, 2.24) is 9.78 Å². The van der Waals surface area contributed by atoms with Gasteiger partial charge in [0.1, 0.15) is 10.7 Å². The van der Waals surface area contributed by atoms with Crippen LogP contribution in [0.15, 0.2) is 29.3 Å². The normalized spacial score (nSPS) is 11.6. The van der Waals surface area contributed by atoms with Gasteiger partial charge in [0.15, 0.2) is 0 Å². The summed E-state index contributed by atoms with van der Waals surface area (Å²) in [6.07, 6.45) is 1.24. The molecule has 19 heavy (non-hydrogen) atoms. The zero-order valence-corrected chi connectivity index (χ0v) is 11.6. The first-order valence-corrected chi connectivity index (χ1v) is 7.07. The number of hydrogen-bond acceptors (Lipinski definition) is 3. The molecule has 0 aliphatic heterocycles. The van der Waals surface area contributed by atoms with Crippen molar-refractivity contribution in [3.05, 3.63) is 41.5 Å². The molecule has 2 aromatic rings. The van der Waals surface area contributed by atoms with Crippen molar-refractivity contribution >= 4 is 15.7 Å². The molecule has 0 aliphatic carbocycles. The summed E-state index contributed by atoms with van der Waals surface area (Å²) in [4.78, 5) is 0.0379. The summed E-state index contributed by atoms with van der Waals surface area (Å²) in [6, 6.07) is 4.24. The Kier molecular flexibility index (Phi) is 3.32. The Balaban J connectivity index is 2.42. The van der Waals surface area contributed by atoms with E-state index >= 15 is 0 Å². The van der Waals surface area contributed by atoms with Crippen LogP contribution >= 0.6 is 0 Å². The molecule has 0 bridgehead atoms. The van der Waals surface area contributed by atoms with Crippen LogP contribution in [-0.4, -0.2) is 18.2 Å². The topological polar surface area (TPSA) is 64.0 Å². The molecule has 0 unspecified atom stereocenters. The molecule has 0 amide bonds. The highest BCUT2D eigenvalue weighted by atomic mass is 32.2. The van der Waals surface area contributed by atoms with Crippen LogP contribution in [0.2, 0.25) is 0 Å². The summed E-state index contributed by atoms with van der Waals surface area (Å²) in [7, 11) is -2.20. The zero-order chi connectivity index (χ0) is 14.2. The molecule has 0 aliphatic rings. The van der Waals surface area contributed by atoms with Crippen molar-refractivity contribution in [1.29, 1.82) is 0 Å². The lowest BCUT2D eigenvalue weighted by atomic mass is 10.2. The van der Waals surface area contributed by atoms with Crippen LogP contribution in [0.25, 0.3) is 0 Å². The molecular weight excluding hydrogens is 269 g/mol. The second kappa shape index (κ2) is 4.65. The summed E-state index contributed by atoms with van der Waals surface area (Å²) < 4.78 is 41.6. The van der Waals surface area contributed by atoms with Crippen molar-refractivity contribution in [3.8, 4) is 0 Å². The second-order valence-electron chi connectivity index (χ2n) is 4.31. The predicted octanol–water partition coefficient (Wildman–Crippen LogP) is 1.98. The maximum Gasteiger partial charge on any atom is 0.265 e. The number of nitrogens with one attached hydrogen (secondary N) is 1. The van der Waals surface area contributed by atoms with E-state index in [0.717, 1.165) is 5.56 Å². The molecule has 2 rings (SSSR count). The first-order valence-electron chi connectivity index (χ1n) is 5.59. The van der Waals surface area contributed by atoms with Crippen molar-refractivity contribution in [2.45, 2.75) is 18.7 Å². The molecular formula is C12H14FN3O2S. The van der Waals surface area contributed by atoms with Gasteiger partial charge in [0.2, 0.25) is 0 Å². The van der Waals surface area contributed by atoms with Crippen LogP contribution in [0.4, 0.5) is 10.1 Å². The van der Waals surface area contributed by atoms with Crippen LogP contribution in [-0.2, 0) is 17.1 Å². The van der Waals surface area contributed by atoms with Gasteiger partial charge in [-0.1, -0.05) is 6.07 Å². The number of halogens is 1. The predicted molar refractivity (Wildman–Crippen MR) is 69.9 cm³/mol. The van der Waals surface area contributed by atoms with Crippen molar-refractivity contribution in [2.75, 3.05) is 4.72 Å². The van der Waals surface area contributed by atoms with E-state index in [1.807, 2.05) is 0 Å². The quantitative estimate of drug-likeness (QED) is 0.936. The number of aromatic nitrogens is 2. The molecule has 5 nitrogen and oxygen atoms in total. The third-order valence-corrected chi connectivity index (χ3v) is 4.31. The van der Waals surface area contributed by atoms with Crippen LogP contribution < -0.4 is 4.72 Å². The number of hydrogen-bond donors (Lipinski definition) is 1. The largest absolute Gasteiger partial charge is 0.277 e. The van der Waals surface area contributed by atoms with Gasteiger partial charge in [-0.15, -0.1) is 0 Å². The minimum Gasteiger partial charge on any atom is -0.277 e. The first kappa shape index (κ1) is 13.5. The third-order valence-electron chi connectivity index (χ3n) is 2.85. The lowest BCUT2D eigenvalue weighted by Gasteiger charge is -2.09. The summed E-state index contributed by atoms with van der Waals surface area (Å²) >= 11 is 0. The van der Waals surface area contributed by atoms with E-state index in [-0.39, 0.29) is 10.6 Å². The lowest BCUT2D eigenvalue weighted by Crippen LogP contribution is -2.15. The van der Waals surface area contributed by atoms with E-state index in [1.165, 1.54) is 23.0 Å². The molecule has 0 atom stereocenters. The highest BCUT2D eigenvalue weighted by molar-refractivity contribution is 7.92. The SMILES string of the molecule is Cc1ccc(F)c(NS(=O)(=O)c2cnn(C)c2C)c1. The van der Waals surface area contributed by atoms with Crippen LogP contribution in [0.1, 0.15) is 11.3 Å². The van der Waals surface area contributed by atoms with Gasteiger partial charge in [-0.3, -0.25) is 9.40 Å². The van der Waals surface area contributed by atoms with E-state index in [2.05, 4.69) is 9.82 Å². The van der Waals surface area contributed by atoms with Gasteiger partial charge >= 0.3 is 0 Å². The van der Waals surface area contributed by atoms with Crippen molar-refractivity contribution < 1.29 is 12.8 Å². The average molecular weight is 283 g/mol. The minimum absolute atomic E-state index is 0.0379. The second-order valence-corrected chi connectivity index (χ2v) is 5.96. The maximum absolute atomic E-state index is 13.6. The third kappa shape index (κ3) is 2.60. The number of aryl methyl sites for hydroxylation is 2. The Labute approximate surface area is 111 Å². The molecule has 102 valence electrons. The van der Waals surface area contributed by atoms with Gasteiger partial charge in [-0.25, -0.2) is 12.8 Å². The maximum atomic E-state index is 13.6. The number of benzene rings is 1. The van der Waals surface area contributed by atoms with Crippen LogP contribution in [0, 0.1) is 19.7 Å². The molecule has 0 fully saturated rings. The Bertz CT molecular complexity index is 723. The van der Waals surface area contributed by atoms with E-state index in [4.69, 9.17) is 0 Å². The van der Waals surface area contributed by atoms with E-state index in [0.29, 0.717) is 5.69 Å². The summed E-state index contributed by atoms with van der Waals surface area (Å²) in [5, 5.41) is 3.87. The lowest BCUT2D eigenvalue weighted by molar-refractivity contribution is 0.597. The van der Waals surface area contributed by atoms with Gasteiger partial charge in [0.05, 0.1) is 17.6 Å². The number of nitrogens with zero attached hydrogens (tertiary/aromatic N) is 2. The minimum atomic E-state index is -3.84. The summed E-state index contributed by atoms with van der Waals surface area (Å²) in [6.45, 7) is 3.39. The van der Waals surface area contributed by atoms with Gasteiger partial charge in [-0.2, -0.15) is 5.10 Å². The molecule has 0 saturated heterocycles. The van der Waals surface area contributed by atoms with Crippen molar-refractivity contribution in [2.24, 2.45) is 7.05 Å². The van der Waals surface area contributed by atoms with Crippen LogP contribution in [0.3, 0.4) is 0 Å². The fraction of sp³-hybridized carbons (Fsp3) is 0.250. The van der Waals surface area contributed by atoms with E-state index in [9.17, 15) is 12.8 Å². The van der Waals surface area contributed by atoms with Gasteiger partial charge in [0, 0.05) is 7.05 Å². The van der Waals surface area contributed by atoms with E-state index in [1.54, 1.807) is 27.0 Å². The highest BCUT2D eigenvalue weighted by Gasteiger charge is 2.21.